The molecule has 156 valence electrons. The van der Waals surface area contributed by atoms with Gasteiger partial charge in [0.05, 0.1) is 23.0 Å². The van der Waals surface area contributed by atoms with Gasteiger partial charge in [0, 0.05) is 35.9 Å². The van der Waals surface area contributed by atoms with E-state index in [1.807, 2.05) is 30.5 Å². The summed E-state index contributed by atoms with van der Waals surface area (Å²) < 4.78 is 2.15. The van der Waals surface area contributed by atoms with Gasteiger partial charge in [-0.3, -0.25) is 4.40 Å². The van der Waals surface area contributed by atoms with Gasteiger partial charge in [0.1, 0.15) is 5.82 Å². The van der Waals surface area contributed by atoms with Gasteiger partial charge in [0.15, 0.2) is 4.96 Å². The lowest BCUT2D eigenvalue weighted by atomic mass is 9.99. The number of benzene rings is 1. The fourth-order valence-electron chi connectivity index (χ4n) is 4.22. The van der Waals surface area contributed by atoms with Crippen LogP contribution in [0, 0.1) is 11.3 Å². The predicted octanol–water partition coefficient (Wildman–Crippen LogP) is 4.37. The van der Waals surface area contributed by atoms with Gasteiger partial charge in [-0.25, -0.2) is 9.98 Å². The maximum absolute atomic E-state index is 9.32. The van der Waals surface area contributed by atoms with Crippen LogP contribution >= 0.6 is 11.3 Å². The number of rotatable bonds is 4. The molecule has 0 radical (unpaired) electrons. The van der Waals surface area contributed by atoms with Crippen molar-refractivity contribution in [3.05, 3.63) is 65.1 Å². The van der Waals surface area contributed by atoms with E-state index in [0.29, 0.717) is 11.6 Å². The number of hydrogen-bond acceptors (Lipinski definition) is 6. The molecule has 0 saturated carbocycles. The number of aromatic nitrogens is 2. The molecule has 6 nitrogen and oxygen atoms in total. The van der Waals surface area contributed by atoms with E-state index in [-0.39, 0.29) is 0 Å². The monoisotopic (exact) mass is 428 g/mol. The van der Waals surface area contributed by atoms with Crippen molar-refractivity contribution in [1.82, 2.24) is 20.0 Å². The zero-order chi connectivity index (χ0) is 21.0. The number of allylic oxidation sites excluding steroid dienone is 3. The molecule has 1 aromatic carbocycles. The Morgan fingerprint density at radius 2 is 2.29 bits per heavy atom. The zero-order valence-corrected chi connectivity index (χ0v) is 18.0. The summed E-state index contributed by atoms with van der Waals surface area (Å²) in [4.78, 5) is 10.5. The first kappa shape index (κ1) is 19.7. The molecule has 0 aliphatic carbocycles. The Kier molecular flexibility index (Phi) is 5.65. The van der Waals surface area contributed by atoms with E-state index >= 15 is 0 Å². The van der Waals surface area contributed by atoms with Crippen molar-refractivity contribution in [2.24, 2.45) is 4.99 Å². The summed E-state index contributed by atoms with van der Waals surface area (Å²) in [6.07, 6.45) is 12.4. The molecule has 0 amide bonds. The molecule has 7 heteroatoms. The molecule has 2 N–H and O–H groups in total. The van der Waals surface area contributed by atoms with E-state index in [1.165, 1.54) is 18.4 Å². The molecule has 4 heterocycles. The van der Waals surface area contributed by atoms with E-state index in [4.69, 9.17) is 4.98 Å². The number of aliphatic imine (C=N–C) groups is 1. The first-order valence-corrected chi connectivity index (χ1v) is 11.6. The fraction of sp³-hybridized carbons (Fsp3) is 0.292. The normalized spacial score (nSPS) is 23.6. The minimum atomic E-state index is 0.444. The van der Waals surface area contributed by atoms with Crippen LogP contribution in [0.2, 0.25) is 0 Å². The second-order valence-corrected chi connectivity index (χ2v) is 8.72. The second-order valence-electron chi connectivity index (χ2n) is 7.84. The molecule has 2 aliphatic heterocycles. The van der Waals surface area contributed by atoms with Crippen LogP contribution in [0.1, 0.15) is 36.9 Å². The highest BCUT2D eigenvalue weighted by molar-refractivity contribution is 7.15. The molecule has 1 saturated heterocycles. The first-order valence-electron chi connectivity index (χ1n) is 10.7. The van der Waals surface area contributed by atoms with Gasteiger partial charge in [0.2, 0.25) is 0 Å². The van der Waals surface area contributed by atoms with Gasteiger partial charge in [-0.1, -0.05) is 12.1 Å². The number of piperidine rings is 1. The summed E-state index contributed by atoms with van der Waals surface area (Å²) >= 11 is 1.62. The van der Waals surface area contributed by atoms with Gasteiger partial charge in [-0.15, -0.1) is 11.3 Å². The van der Waals surface area contributed by atoms with Crippen LogP contribution in [0.25, 0.3) is 21.8 Å². The molecule has 0 bridgehead atoms. The summed E-state index contributed by atoms with van der Waals surface area (Å²) in [5, 5.41) is 18.4. The number of thiazole rings is 1. The zero-order valence-electron chi connectivity index (χ0n) is 17.2. The maximum atomic E-state index is 9.32. The van der Waals surface area contributed by atoms with E-state index in [9.17, 15) is 5.26 Å². The Hall–Kier alpha value is -3.21. The van der Waals surface area contributed by atoms with Gasteiger partial charge in [-0.2, -0.15) is 5.26 Å². The molecular weight excluding hydrogens is 404 g/mol. The van der Waals surface area contributed by atoms with Crippen molar-refractivity contribution in [2.45, 2.75) is 31.7 Å². The van der Waals surface area contributed by atoms with E-state index < -0.39 is 0 Å². The third kappa shape index (κ3) is 4.18. The minimum absolute atomic E-state index is 0.444. The van der Waals surface area contributed by atoms with Crippen molar-refractivity contribution in [3.63, 3.8) is 0 Å². The third-order valence-corrected chi connectivity index (χ3v) is 6.48. The van der Waals surface area contributed by atoms with Crippen LogP contribution in [0.4, 0.5) is 0 Å². The number of imidazole rings is 1. The van der Waals surface area contributed by atoms with E-state index in [1.54, 1.807) is 11.3 Å². The van der Waals surface area contributed by atoms with E-state index in [0.717, 1.165) is 53.7 Å². The van der Waals surface area contributed by atoms with Crippen LogP contribution in [0.15, 0.2) is 58.8 Å². The number of fused-ring (bicyclic) bond motifs is 1. The Bertz CT molecular complexity index is 1220. The summed E-state index contributed by atoms with van der Waals surface area (Å²) in [6, 6.07) is 10.4. The highest BCUT2D eigenvalue weighted by Gasteiger charge is 2.19. The predicted molar refractivity (Wildman–Crippen MR) is 126 cm³/mol. The first-order chi connectivity index (χ1) is 15.3. The minimum Gasteiger partial charge on any atom is -0.366 e. The molecule has 31 heavy (non-hydrogen) atoms. The largest absolute Gasteiger partial charge is 0.366 e. The standard InChI is InChI=1S/C24H24N6S/c25-15-17-4-1-6-19(14-17)22-23(30-12-13-31-24(30)29-22)18-5-2-8-21(27-11-9-18)28-20-7-3-10-26-16-20/h1,4,6,8-9,11-14,20,26,28H,2-3,5,7,10,16H2/b18-9+,21-8-,27-11+/t20-/m1/s1. The van der Waals surface area contributed by atoms with Gasteiger partial charge in [-0.05, 0) is 62.1 Å². The topological polar surface area (TPSA) is 77.5 Å². The van der Waals surface area contributed by atoms with Crippen molar-refractivity contribution < 1.29 is 0 Å². The molecule has 2 aromatic heterocycles. The lowest BCUT2D eigenvalue weighted by Gasteiger charge is -2.25. The Morgan fingerprint density at radius 1 is 1.32 bits per heavy atom. The quantitative estimate of drug-likeness (QED) is 0.647. The van der Waals surface area contributed by atoms with E-state index in [2.05, 4.69) is 49.8 Å². The molecule has 2 aliphatic rings. The Morgan fingerprint density at radius 3 is 3.16 bits per heavy atom. The van der Waals surface area contributed by atoms with Crippen molar-refractivity contribution in [3.8, 4) is 17.3 Å². The average molecular weight is 429 g/mol. The summed E-state index contributed by atoms with van der Waals surface area (Å²) in [5.41, 5.74) is 4.80. The Labute approximate surface area is 185 Å². The smallest absolute Gasteiger partial charge is 0.194 e. The molecule has 0 spiro atoms. The van der Waals surface area contributed by atoms with Crippen LogP contribution in [-0.4, -0.2) is 34.7 Å². The van der Waals surface area contributed by atoms with Crippen LogP contribution in [0.5, 0.6) is 0 Å². The second kappa shape index (κ2) is 8.88. The summed E-state index contributed by atoms with van der Waals surface area (Å²) in [5.74, 6) is 0.958. The highest BCUT2D eigenvalue weighted by Crippen LogP contribution is 2.34. The number of hydrogen-bond donors (Lipinski definition) is 2. The Balaban J connectivity index is 1.47. The lowest BCUT2D eigenvalue weighted by Crippen LogP contribution is -2.42. The van der Waals surface area contributed by atoms with Gasteiger partial charge in [0.25, 0.3) is 0 Å². The fourth-order valence-corrected chi connectivity index (χ4v) is 4.93. The molecule has 0 unspecified atom stereocenters. The van der Waals surface area contributed by atoms with Crippen LogP contribution < -0.4 is 10.6 Å². The highest BCUT2D eigenvalue weighted by atomic mass is 32.1. The molecule has 3 aromatic rings. The summed E-state index contributed by atoms with van der Waals surface area (Å²) in [7, 11) is 0. The number of nitriles is 1. The third-order valence-electron chi connectivity index (χ3n) is 5.72. The molecular formula is C24H24N6S. The van der Waals surface area contributed by atoms with Gasteiger partial charge < -0.3 is 10.6 Å². The molecule has 5 rings (SSSR count). The molecule has 1 fully saturated rings. The van der Waals surface area contributed by atoms with Crippen molar-refractivity contribution >= 4 is 28.1 Å². The average Bonchev–Trinajstić information content (AvgIpc) is 3.38. The van der Waals surface area contributed by atoms with Gasteiger partial charge >= 0.3 is 0 Å². The number of nitrogens with zero attached hydrogens (tertiary/aromatic N) is 4. The van der Waals surface area contributed by atoms with Crippen molar-refractivity contribution in [2.75, 3.05) is 13.1 Å². The van der Waals surface area contributed by atoms with Crippen LogP contribution in [-0.2, 0) is 0 Å². The molecule has 1 atom stereocenters. The lowest BCUT2D eigenvalue weighted by molar-refractivity contribution is 0.412. The summed E-state index contributed by atoms with van der Waals surface area (Å²) in [6.45, 7) is 2.10. The number of nitrogens with one attached hydrogen (secondary N) is 2. The maximum Gasteiger partial charge on any atom is 0.194 e. The SMILES string of the molecule is N#Cc1cccc(-c2nc3sccn3c2/C2=C/C=N/C(N[C@@H]3CCCNC3)=C/CC2)c1. The van der Waals surface area contributed by atoms with Crippen LogP contribution in [0.3, 0.4) is 0 Å². The van der Waals surface area contributed by atoms with Crippen molar-refractivity contribution in [1.29, 1.82) is 5.26 Å².